The van der Waals surface area contributed by atoms with Crippen molar-refractivity contribution in [1.82, 2.24) is 4.90 Å². The number of hydrogen-bond donors (Lipinski definition) is 0. The average molecular weight is 406 g/mol. The van der Waals surface area contributed by atoms with Gasteiger partial charge in [0.15, 0.2) is 5.78 Å². The lowest BCUT2D eigenvalue weighted by Crippen LogP contribution is -2.41. The van der Waals surface area contributed by atoms with Gasteiger partial charge in [-0.1, -0.05) is 50.2 Å². The minimum atomic E-state index is 0.0159. The zero-order valence-corrected chi connectivity index (χ0v) is 18.0. The Hall–Kier alpha value is -2.62. The van der Waals surface area contributed by atoms with Crippen LogP contribution in [-0.4, -0.2) is 36.3 Å². The molecule has 2 aromatic rings. The van der Waals surface area contributed by atoms with Gasteiger partial charge < -0.3 is 9.64 Å². The van der Waals surface area contributed by atoms with Crippen LogP contribution >= 0.6 is 0 Å². The number of ketones is 1. The van der Waals surface area contributed by atoms with E-state index in [9.17, 15) is 9.59 Å². The number of ether oxygens (including phenoxy) is 1. The molecule has 1 saturated heterocycles. The molecule has 30 heavy (non-hydrogen) atoms. The van der Waals surface area contributed by atoms with Crippen molar-refractivity contribution in [3.05, 3.63) is 64.7 Å². The fourth-order valence-corrected chi connectivity index (χ4v) is 4.54. The van der Waals surface area contributed by atoms with E-state index in [1.165, 1.54) is 11.1 Å². The molecule has 158 valence electrons. The van der Waals surface area contributed by atoms with Gasteiger partial charge in [-0.15, -0.1) is 0 Å². The average Bonchev–Trinajstić information content (AvgIpc) is 3.21. The Morgan fingerprint density at radius 3 is 2.43 bits per heavy atom. The summed E-state index contributed by atoms with van der Waals surface area (Å²) in [6.45, 7) is 6.46. The third kappa shape index (κ3) is 4.75. The minimum Gasteiger partial charge on any atom is -0.493 e. The smallest absolute Gasteiger partial charge is 0.226 e. The first kappa shape index (κ1) is 20.6. The van der Waals surface area contributed by atoms with Crippen molar-refractivity contribution < 1.29 is 14.3 Å². The first-order valence-electron chi connectivity index (χ1n) is 11.1. The quantitative estimate of drug-likeness (QED) is 0.666. The summed E-state index contributed by atoms with van der Waals surface area (Å²) in [7, 11) is 0. The van der Waals surface area contributed by atoms with E-state index in [1.54, 1.807) is 0 Å². The van der Waals surface area contributed by atoms with Crippen molar-refractivity contribution in [2.45, 2.75) is 46.0 Å². The molecule has 4 heteroatoms. The number of amides is 1. The Labute approximate surface area is 179 Å². The number of nitrogens with zero attached hydrogens (tertiary/aromatic N) is 1. The second-order valence-electron chi connectivity index (χ2n) is 9.03. The van der Waals surface area contributed by atoms with Crippen LogP contribution in [0.5, 0.6) is 5.75 Å². The molecule has 0 aromatic heterocycles. The summed E-state index contributed by atoms with van der Waals surface area (Å²) < 4.78 is 5.54. The number of carbonyl (C=O) groups excluding carboxylic acids is 2. The van der Waals surface area contributed by atoms with Crippen molar-refractivity contribution in [3.63, 3.8) is 0 Å². The van der Waals surface area contributed by atoms with Crippen molar-refractivity contribution in [1.29, 1.82) is 0 Å². The van der Waals surface area contributed by atoms with E-state index >= 15 is 0 Å². The maximum Gasteiger partial charge on any atom is 0.226 e. The second kappa shape index (κ2) is 9.03. The van der Waals surface area contributed by atoms with Crippen LogP contribution in [0.2, 0.25) is 0 Å². The van der Waals surface area contributed by atoms with E-state index in [0.29, 0.717) is 25.4 Å². The molecular formula is C26H31NO3. The van der Waals surface area contributed by atoms with Gasteiger partial charge in [-0.05, 0) is 47.9 Å². The van der Waals surface area contributed by atoms with Crippen LogP contribution in [0.3, 0.4) is 0 Å². The van der Waals surface area contributed by atoms with Crippen LogP contribution in [0.1, 0.15) is 53.7 Å². The van der Waals surface area contributed by atoms with E-state index in [2.05, 4.69) is 32.0 Å². The summed E-state index contributed by atoms with van der Waals surface area (Å²) in [6.07, 6.45) is 3.87. The molecule has 0 atom stereocenters. The maximum absolute atomic E-state index is 12.9. The number of Topliss-reactive ketones (excluding diaryl/α,β-unsaturated/α-hetero) is 1. The number of likely N-dealkylation sites (tertiary alicyclic amines) is 1. The van der Waals surface area contributed by atoms with Crippen molar-refractivity contribution >= 4 is 11.7 Å². The molecule has 0 N–H and O–H groups in total. The van der Waals surface area contributed by atoms with Crippen molar-refractivity contribution in [2.24, 2.45) is 11.8 Å². The Morgan fingerprint density at radius 2 is 1.73 bits per heavy atom. The Bertz CT molecular complexity index is 908. The monoisotopic (exact) mass is 405 g/mol. The van der Waals surface area contributed by atoms with Crippen molar-refractivity contribution in [3.8, 4) is 5.75 Å². The molecule has 2 aliphatic heterocycles. The van der Waals surface area contributed by atoms with Gasteiger partial charge in [-0.3, -0.25) is 9.59 Å². The molecule has 4 nitrogen and oxygen atoms in total. The zero-order chi connectivity index (χ0) is 21.1. The molecule has 0 spiro atoms. The highest BCUT2D eigenvalue weighted by Crippen LogP contribution is 2.27. The molecule has 0 aliphatic carbocycles. The largest absolute Gasteiger partial charge is 0.493 e. The highest BCUT2D eigenvalue weighted by atomic mass is 16.5. The van der Waals surface area contributed by atoms with Crippen LogP contribution in [0.25, 0.3) is 0 Å². The lowest BCUT2D eigenvalue weighted by Gasteiger charge is -2.31. The summed E-state index contributed by atoms with van der Waals surface area (Å²) in [4.78, 5) is 27.6. The Kier molecular flexibility index (Phi) is 6.21. The van der Waals surface area contributed by atoms with Gasteiger partial charge in [-0.2, -0.15) is 0 Å². The van der Waals surface area contributed by atoms with Crippen LogP contribution < -0.4 is 4.74 Å². The van der Waals surface area contributed by atoms with Gasteiger partial charge in [0.25, 0.3) is 0 Å². The van der Waals surface area contributed by atoms with Crippen LogP contribution in [0.4, 0.5) is 0 Å². The normalized spacial score (nSPS) is 16.4. The number of hydrogen-bond acceptors (Lipinski definition) is 3. The molecule has 2 heterocycles. The molecule has 4 rings (SSSR count). The van der Waals surface area contributed by atoms with E-state index in [-0.39, 0.29) is 17.6 Å². The molecule has 2 aromatic carbocycles. The van der Waals surface area contributed by atoms with Crippen LogP contribution in [0.15, 0.2) is 42.5 Å². The van der Waals surface area contributed by atoms with Crippen molar-refractivity contribution in [2.75, 3.05) is 19.7 Å². The maximum atomic E-state index is 12.9. The van der Waals surface area contributed by atoms with E-state index in [4.69, 9.17) is 4.74 Å². The molecule has 2 aliphatic rings. The second-order valence-corrected chi connectivity index (χ2v) is 9.03. The summed E-state index contributed by atoms with van der Waals surface area (Å²) in [5, 5.41) is 0. The lowest BCUT2D eigenvalue weighted by atomic mass is 9.88. The van der Waals surface area contributed by atoms with Gasteiger partial charge in [-0.25, -0.2) is 0 Å². The first-order valence-corrected chi connectivity index (χ1v) is 11.1. The molecule has 1 fully saturated rings. The van der Waals surface area contributed by atoms with E-state index in [1.807, 2.05) is 29.2 Å². The number of benzene rings is 2. The Morgan fingerprint density at radius 1 is 1.03 bits per heavy atom. The first-order chi connectivity index (χ1) is 14.5. The van der Waals surface area contributed by atoms with Gasteiger partial charge in [0.05, 0.1) is 13.0 Å². The van der Waals surface area contributed by atoms with Crippen LogP contribution in [0, 0.1) is 11.8 Å². The molecule has 1 amide bonds. The SMILES string of the molecule is CC(C)Cc1ccc(C(=O)C2CCN(C(=O)Cc3ccc4c(c3)CCO4)CC2)cc1. The minimum absolute atomic E-state index is 0.0159. The fraction of sp³-hybridized carbons (Fsp3) is 0.462. The lowest BCUT2D eigenvalue weighted by molar-refractivity contribution is -0.131. The van der Waals surface area contributed by atoms with Gasteiger partial charge in [0.2, 0.25) is 5.91 Å². The topological polar surface area (TPSA) is 46.6 Å². The van der Waals surface area contributed by atoms with E-state index in [0.717, 1.165) is 49.2 Å². The molecule has 0 unspecified atom stereocenters. The highest BCUT2D eigenvalue weighted by molar-refractivity contribution is 5.98. The molecular weight excluding hydrogens is 374 g/mol. The van der Waals surface area contributed by atoms with Crippen LogP contribution in [-0.2, 0) is 24.1 Å². The number of fused-ring (bicyclic) bond motifs is 1. The number of piperidine rings is 1. The number of carbonyl (C=O) groups is 2. The fourth-order valence-electron chi connectivity index (χ4n) is 4.54. The predicted octanol–water partition coefficient (Wildman–Crippen LogP) is 4.48. The van der Waals surface area contributed by atoms with E-state index < -0.39 is 0 Å². The van der Waals surface area contributed by atoms with Gasteiger partial charge >= 0.3 is 0 Å². The highest BCUT2D eigenvalue weighted by Gasteiger charge is 2.28. The van der Waals surface area contributed by atoms with Gasteiger partial charge in [0.1, 0.15) is 5.75 Å². The number of rotatable bonds is 6. The standard InChI is InChI=1S/C26H31NO3/c1-18(2)15-19-3-6-21(7-4-19)26(29)22-9-12-27(13-10-22)25(28)17-20-5-8-24-23(16-20)11-14-30-24/h3-8,16,18,22H,9-15,17H2,1-2H3. The summed E-state index contributed by atoms with van der Waals surface area (Å²) in [6, 6.07) is 14.1. The predicted molar refractivity (Wildman–Crippen MR) is 118 cm³/mol. The summed E-state index contributed by atoms with van der Waals surface area (Å²) >= 11 is 0. The molecule has 0 radical (unpaired) electrons. The summed E-state index contributed by atoms with van der Waals surface area (Å²) in [5.41, 5.74) is 4.32. The zero-order valence-electron chi connectivity index (χ0n) is 18.0. The summed E-state index contributed by atoms with van der Waals surface area (Å²) in [5.74, 6) is 1.94. The van der Waals surface area contributed by atoms with Gasteiger partial charge in [0, 0.05) is 31.0 Å². The third-order valence-electron chi connectivity index (χ3n) is 6.21. The Balaban J connectivity index is 1.29. The molecule has 0 saturated carbocycles. The third-order valence-corrected chi connectivity index (χ3v) is 6.21. The molecule has 0 bridgehead atoms.